The van der Waals surface area contributed by atoms with E-state index in [4.69, 9.17) is 16.3 Å². The first-order valence-corrected chi connectivity index (χ1v) is 13.4. The van der Waals surface area contributed by atoms with E-state index in [9.17, 15) is 17.6 Å². The third kappa shape index (κ3) is 6.86. The summed E-state index contributed by atoms with van der Waals surface area (Å²) in [6.45, 7) is 1.94. The van der Waals surface area contributed by atoms with Gasteiger partial charge in [0, 0.05) is 50.1 Å². The van der Waals surface area contributed by atoms with Crippen LogP contribution in [0.25, 0.3) is 11.3 Å². The fourth-order valence-corrected chi connectivity index (χ4v) is 5.75. The molecule has 3 N–H and O–H groups in total. The fraction of sp³-hybridized carbons (Fsp3) is 0.615. The van der Waals surface area contributed by atoms with Gasteiger partial charge < -0.3 is 20.7 Å². The molecule has 5 rings (SSSR count). The second-order valence-electron chi connectivity index (χ2n) is 10.5. The zero-order valence-electron chi connectivity index (χ0n) is 20.9. The Hall–Kier alpha value is -2.21. The number of hydrogen-bond acceptors (Lipinski definition) is 7. The van der Waals surface area contributed by atoms with Crippen LogP contribution in [0.1, 0.15) is 38.5 Å². The van der Waals surface area contributed by atoms with Crippen LogP contribution in [-0.2, 0) is 9.47 Å². The molecular formula is C26H32ClF4N5O2. The molecule has 1 saturated heterocycles. The summed E-state index contributed by atoms with van der Waals surface area (Å²) < 4.78 is 60.2. The van der Waals surface area contributed by atoms with E-state index in [2.05, 4.69) is 30.7 Å². The van der Waals surface area contributed by atoms with Gasteiger partial charge in [-0.2, -0.15) is 0 Å². The summed E-state index contributed by atoms with van der Waals surface area (Å²) in [4.78, 5) is 8.94. The van der Waals surface area contributed by atoms with Gasteiger partial charge in [0.25, 0.3) is 0 Å². The molecule has 2 saturated carbocycles. The topological polar surface area (TPSA) is 80.3 Å². The van der Waals surface area contributed by atoms with Crippen molar-refractivity contribution >= 4 is 23.2 Å². The van der Waals surface area contributed by atoms with Crippen LogP contribution >= 0.6 is 11.6 Å². The van der Waals surface area contributed by atoms with Gasteiger partial charge in [-0.05, 0) is 68.1 Å². The van der Waals surface area contributed by atoms with E-state index in [1.54, 1.807) is 12.3 Å². The summed E-state index contributed by atoms with van der Waals surface area (Å²) in [5.41, 5.74) is 1.38. The molecule has 0 spiro atoms. The van der Waals surface area contributed by atoms with E-state index in [-0.39, 0.29) is 29.9 Å². The number of nitrogens with zero attached hydrogens (tertiary/aromatic N) is 2. The second-order valence-corrected chi connectivity index (χ2v) is 10.9. The highest BCUT2D eigenvalue weighted by atomic mass is 35.5. The lowest BCUT2D eigenvalue weighted by Crippen LogP contribution is -2.39. The summed E-state index contributed by atoms with van der Waals surface area (Å²) in [6.07, 6.45) is 2.36. The molecular weight excluding hydrogens is 526 g/mol. The van der Waals surface area contributed by atoms with Crippen LogP contribution in [0.2, 0.25) is 5.02 Å². The lowest BCUT2D eigenvalue weighted by Gasteiger charge is -2.30. The highest BCUT2D eigenvalue weighted by molar-refractivity contribution is 6.33. The molecule has 3 heterocycles. The van der Waals surface area contributed by atoms with Gasteiger partial charge in [0.05, 0.1) is 17.3 Å². The van der Waals surface area contributed by atoms with Gasteiger partial charge in [-0.3, -0.25) is 4.74 Å². The monoisotopic (exact) mass is 557 g/mol. The van der Waals surface area contributed by atoms with E-state index in [1.165, 1.54) is 6.07 Å². The maximum atomic E-state index is 14.6. The van der Waals surface area contributed by atoms with Crippen LogP contribution in [-0.4, -0.2) is 61.3 Å². The third-order valence-corrected chi connectivity index (χ3v) is 8.19. The molecule has 0 bridgehead atoms. The molecule has 7 nitrogen and oxygen atoms in total. The van der Waals surface area contributed by atoms with Gasteiger partial charge in [-0.25, -0.2) is 14.4 Å². The van der Waals surface area contributed by atoms with E-state index in [0.717, 1.165) is 51.7 Å². The molecule has 0 radical (unpaired) electrons. The average molecular weight is 558 g/mol. The summed E-state index contributed by atoms with van der Waals surface area (Å²) in [6, 6.07) is 5.15. The molecule has 12 heteroatoms. The van der Waals surface area contributed by atoms with Gasteiger partial charge in [0.15, 0.2) is 11.6 Å². The number of fused-ring (bicyclic) bond motifs is 1. The van der Waals surface area contributed by atoms with Crippen LogP contribution in [0.4, 0.5) is 29.2 Å². The van der Waals surface area contributed by atoms with Gasteiger partial charge in [0.2, 0.25) is 0 Å². The van der Waals surface area contributed by atoms with Gasteiger partial charge in [0.1, 0.15) is 5.82 Å². The van der Waals surface area contributed by atoms with Crippen LogP contribution in [0.15, 0.2) is 24.4 Å². The van der Waals surface area contributed by atoms with Crippen LogP contribution in [0, 0.1) is 17.2 Å². The number of hydrogen-bond donors (Lipinski definition) is 3. The van der Waals surface area contributed by atoms with Crippen molar-refractivity contribution in [2.45, 2.75) is 57.0 Å². The normalized spacial score (nSPS) is 27.0. The van der Waals surface area contributed by atoms with Gasteiger partial charge in [-0.15, -0.1) is 13.2 Å². The number of anilines is 2. The predicted octanol–water partition coefficient (Wildman–Crippen LogP) is 5.62. The van der Waals surface area contributed by atoms with E-state index >= 15 is 0 Å². The Morgan fingerprint density at radius 3 is 2.71 bits per heavy atom. The number of halogens is 5. The minimum absolute atomic E-state index is 0.152. The molecule has 2 aromatic rings. The Morgan fingerprint density at radius 2 is 1.95 bits per heavy atom. The lowest BCUT2D eigenvalue weighted by atomic mass is 9.91. The van der Waals surface area contributed by atoms with Gasteiger partial charge in [-0.1, -0.05) is 11.6 Å². The number of rotatable bonds is 10. The van der Waals surface area contributed by atoms with E-state index in [1.807, 2.05) is 6.07 Å². The summed E-state index contributed by atoms with van der Waals surface area (Å²) in [7, 11) is 0. The smallest absolute Gasteiger partial charge is 0.381 e. The molecule has 2 atom stereocenters. The molecule has 208 valence electrons. The van der Waals surface area contributed by atoms with Crippen molar-refractivity contribution in [3.8, 4) is 11.3 Å². The molecule has 2 unspecified atom stereocenters. The maximum absolute atomic E-state index is 14.6. The lowest BCUT2D eigenvalue weighted by molar-refractivity contribution is -0.323. The first-order valence-electron chi connectivity index (χ1n) is 13.1. The Bertz CT molecular complexity index is 1120. The third-order valence-electron chi connectivity index (χ3n) is 7.89. The first-order chi connectivity index (χ1) is 18.2. The molecule has 1 aliphatic heterocycles. The molecule has 0 aromatic carbocycles. The Labute approximate surface area is 224 Å². The van der Waals surface area contributed by atoms with Crippen molar-refractivity contribution in [2.24, 2.45) is 11.3 Å². The van der Waals surface area contributed by atoms with Crippen molar-refractivity contribution in [3.63, 3.8) is 0 Å². The first kappa shape index (κ1) is 27.4. The molecule has 3 fully saturated rings. The minimum Gasteiger partial charge on any atom is -0.381 e. The van der Waals surface area contributed by atoms with Crippen molar-refractivity contribution in [1.29, 1.82) is 0 Å². The largest absolute Gasteiger partial charge is 0.522 e. The number of alkyl halides is 3. The number of aromatic nitrogens is 2. The van der Waals surface area contributed by atoms with E-state index < -0.39 is 18.8 Å². The average Bonchev–Trinajstić information content (AvgIpc) is 3.63. The Kier molecular flexibility index (Phi) is 8.27. The standard InChI is InChI=1S/C26H32ClF4N5O2/c27-20-13-33-23(35-18-3-1-17(2-4-18)32-8-10-38-26(29,30)31)11-19(20)22-6-5-21(28)24(36-22)34-15-25-7-9-37-14-16(25)12-25/h5-6,11,13,16-18,32H,1-4,7-10,12,14-15H2,(H,33,35)(H,34,36). The predicted molar refractivity (Wildman–Crippen MR) is 137 cm³/mol. The van der Waals surface area contributed by atoms with Crippen molar-refractivity contribution < 1.29 is 27.0 Å². The number of nitrogens with one attached hydrogen (secondary N) is 3. The van der Waals surface area contributed by atoms with Crippen LogP contribution in [0.3, 0.4) is 0 Å². The molecule has 0 amide bonds. The van der Waals surface area contributed by atoms with Crippen LogP contribution < -0.4 is 16.0 Å². The van der Waals surface area contributed by atoms with Crippen LogP contribution in [0.5, 0.6) is 0 Å². The van der Waals surface area contributed by atoms with Crippen molar-refractivity contribution in [1.82, 2.24) is 15.3 Å². The Balaban J connectivity index is 1.16. The Morgan fingerprint density at radius 1 is 1.16 bits per heavy atom. The van der Waals surface area contributed by atoms with E-state index in [0.29, 0.717) is 34.6 Å². The number of pyridine rings is 2. The number of ether oxygens (including phenoxy) is 2. The fourth-order valence-electron chi connectivity index (χ4n) is 5.55. The van der Waals surface area contributed by atoms with Crippen molar-refractivity contribution in [3.05, 3.63) is 35.2 Å². The quantitative estimate of drug-likeness (QED) is 0.258. The highest BCUT2D eigenvalue weighted by Crippen LogP contribution is 2.57. The molecule has 2 aromatic heterocycles. The highest BCUT2D eigenvalue weighted by Gasteiger charge is 2.55. The second kappa shape index (κ2) is 11.5. The minimum atomic E-state index is -4.60. The zero-order chi connectivity index (χ0) is 26.8. The molecule has 3 aliphatic rings. The van der Waals surface area contributed by atoms with Crippen molar-refractivity contribution in [2.75, 3.05) is 43.5 Å². The van der Waals surface area contributed by atoms with Gasteiger partial charge >= 0.3 is 6.36 Å². The molecule has 38 heavy (non-hydrogen) atoms. The zero-order valence-corrected chi connectivity index (χ0v) is 21.7. The summed E-state index contributed by atoms with van der Waals surface area (Å²) >= 11 is 6.45. The maximum Gasteiger partial charge on any atom is 0.522 e. The SMILES string of the molecule is Fc1ccc(-c2cc(NC3CCC(NCCOC(F)(F)F)CC3)ncc2Cl)nc1NCC12CCOCC1C2. The summed E-state index contributed by atoms with van der Waals surface area (Å²) in [5.74, 6) is 0.977. The summed E-state index contributed by atoms with van der Waals surface area (Å²) in [5, 5.41) is 10.2. The molecule has 2 aliphatic carbocycles.